The van der Waals surface area contributed by atoms with Gasteiger partial charge in [0.05, 0.1) is 5.60 Å². The summed E-state index contributed by atoms with van der Waals surface area (Å²) in [6, 6.07) is 0. The molecule has 4 unspecified atom stereocenters. The fourth-order valence-corrected chi connectivity index (χ4v) is 9.00. The number of hydrogen-bond acceptors (Lipinski definition) is 3. The van der Waals surface area contributed by atoms with Gasteiger partial charge in [-0.25, -0.2) is 0 Å². The van der Waals surface area contributed by atoms with Gasteiger partial charge in [0.1, 0.15) is 0 Å². The van der Waals surface area contributed by atoms with Crippen molar-refractivity contribution in [2.45, 2.75) is 136 Å². The van der Waals surface area contributed by atoms with Gasteiger partial charge in [-0.1, -0.05) is 70.8 Å². The molecule has 4 rings (SSSR count). The minimum atomic E-state index is -0.524. The lowest BCUT2D eigenvalue weighted by Crippen LogP contribution is -2.56. The third-order valence-electron chi connectivity index (χ3n) is 11.4. The van der Waals surface area contributed by atoms with E-state index in [0.717, 1.165) is 44.4 Å². The van der Waals surface area contributed by atoms with Crippen LogP contribution < -0.4 is 0 Å². The van der Waals surface area contributed by atoms with Crippen LogP contribution in [0.5, 0.6) is 0 Å². The van der Waals surface area contributed by atoms with Crippen LogP contribution in [0.15, 0.2) is 11.6 Å². The van der Waals surface area contributed by atoms with Crippen LogP contribution in [0.1, 0.15) is 130 Å². The number of allylic oxidation sites excluding steroid dienone is 1. The monoisotopic (exact) mass is 472 g/mol. The van der Waals surface area contributed by atoms with Crippen molar-refractivity contribution in [3.63, 3.8) is 0 Å². The van der Waals surface area contributed by atoms with Crippen LogP contribution >= 0.6 is 0 Å². The van der Waals surface area contributed by atoms with Crippen molar-refractivity contribution >= 4 is 5.78 Å². The lowest BCUT2D eigenvalue weighted by molar-refractivity contribution is -0.135. The van der Waals surface area contributed by atoms with Crippen LogP contribution in [0.4, 0.5) is 0 Å². The molecule has 0 saturated heterocycles. The Balaban J connectivity index is 1.39. The minimum absolute atomic E-state index is 0.0600. The molecule has 3 nitrogen and oxygen atoms in total. The molecule has 7 atom stereocenters. The van der Waals surface area contributed by atoms with Crippen molar-refractivity contribution in [3.8, 4) is 0 Å². The molecule has 0 aliphatic heterocycles. The Morgan fingerprint density at radius 1 is 0.853 bits per heavy atom. The van der Waals surface area contributed by atoms with E-state index in [-0.39, 0.29) is 10.8 Å². The van der Waals surface area contributed by atoms with E-state index in [9.17, 15) is 9.90 Å². The van der Waals surface area contributed by atoms with Gasteiger partial charge in [-0.3, -0.25) is 4.79 Å². The van der Waals surface area contributed by atoms with Gasteiger partial charge >= 0.3 is 0 Å². The quantitative estimate of drug-likeness (QED) is 0.308. The third kappa shape index (κ3) is 4.95. The summed E-state index contributed by atoms with van der Waals surface area (Å²) >= 11 is 0. The summed E-state index contributed by atoms with van der Waals surface area (Å²) in [5.41, 5.74) is 1.22. The Morgan fingerprint density at radius 3 is 2.15 bits per heavy atom. The van der Waals surface area contributed by atoms with Crippen LogP contribution in [0, 0.1) is 34.5 Å². The van der Waals surface area contributed by atoms with Gasteiger partial charge in [-0.2, -0.15) is 0 Å². The van der Waals surface area contributed by atoms with Crippen LogP contribution in [-0.2, 0) is 4.79 Å². The Kier molecular flexibility index (Phi) is 8.35. The molecule has 2 N–H and O–H groups in total. The second kappa shape index (κ2) is 10.8. The van der Waals surface area contributed by atoms with Gasteiger partial charge < -0.3 is 10.2 Å². The largest absolute Gasteiger partial charge is 0.396 e. The lowest BCUT2D eigenvalue weighted by Gasteiger charge is -2.61. The van der Waals surface area contributed by atoms with Gasteiger partial charge in [0.2, 0.25) is 0 Å². The van der Waals surface area contributed by atoms with Gasteiger partial charge in [0, 0.05) is 13.0 Å². The van der Waals surface area contributed by atoms with E-state index in [0.29, 0.717) is 30.1 Å². The highest BCUT2D eigenvalue weighted by atomic mass is 16.3. The summed E-state index contributed by atoms with van der Waals surface area (Å²) < 4.78 is 0. The molecule has 0 bridgehead atoms. The number of ketones is 1. The SMILES string of the molecule is C[C@]12CCC(=O)C=C1CC(CCCCCCCCCCCO)C1C2CC[C@@]2(C)C1CC[C@]2(C)O. The van der Waals surface area contributed by atoms with Crippen molar-refractivity contribution in [1.82, 2.24) is 0 Å². The van der Waals surface area contributed by atoms with E-state index in [2.05, 4.69) is 26.8 Å². The number of fused-ring (bicyclic) bond motifs is 5. The van der Waals surface area contributed by atoms with Gasteiger partial charge in [-0.15, -0.1) is 0 Å². The molecule has 0 aromatic heterocycles. The Hall–Kier alpha value is -0.670. The first kappa shape index (κ1) is 26.4. The number of hydrogen-bond donors (Lipinski definition) is 2. The maximum absolute atomic E-state index is 12.4. The molecule has 3 heteroatoms. The molecule has 0 heterocycles. The summed E-state index contributed by atoms with van der Waals surface area (Å²) in [6.45, 7) is 7.33. The number of carbonyl (C=O) groups excluding carboxylic acids is 1. The van der Waals surface area contributed by atoms with Crippen LogP contribution in [0.25, 0.3) is 0 Å². The zero-order valence-corrected chi connectivity index (χ0v) is 22.4. The van der Waals surface area contributed by atoms with Gasteiger partial charge in [0.15, 0.2) is 5.78 Å². The molecule has 4 aliphatic carbocycles. The summed E-state index contributed by atoms with van der Waals surface area (Å²) in [7, 11) is 0. The molecular formula is C31H52O3. The smallest absolute Gasteiger partial charge is 0.155 e. The summed E-state index contributed by atoms with van der Waals surface area (Å²) in [6.07, 6.45) is 22.2. The fraction of sp³-hybridized carbons (Fsp3) is 0.903. The third-order valence-corrected chi connectivity index (χ3v) is 11.4. The summed E-state index contributed by atoms with van der Waals surface area (Å²) in [4.78, 5) is 12.4. The van der Waals surface area contributed by atoms with Crippen molar-refractivity contribution in [3.05, 3.63) is 11.6 Å². The molecule has 4 aliphatic rings. The highest BCUT2D eigenvalue weighted by Gasteiger charge is 2.64. The second-order valence-corrected chi connectivity index (χ2v) is 13.3. The van der Waals surface area contributed by atoms with Crippen LogP contribution in [-0.4, -0.2) is 28.2 Å². The molecule has 194 valence electrons. The molecule has 34 heavy (non-hydrogen) atoms. The summed E-state index contributed by atoms with van der Waals surface area (Å²) in [5.74, 6) is 3.09. The first-order chi connectivity index (χ1) is 16.2. The average molecular weight is 473 g/mol. The predicted octanol–water partition coefficient (Wildman–Crippen LogP) is 7.39. The van der Waals surface area contributed by atoms with E-state index >= 15 is 0 Å². The van der Waals surface area contributed by atoms with Crippen molar-refractivity contribution in [2.24, 2.45) is 34.5 Å². The first-order valence-corrected chi connectivity index (χ1v) is 14.8. The highest BCUT2D eigenvalue weighted by molar-refractivity contribution is 5.91. The number of aliphatic hydroxyl groups is 2. The topological polar surface area (TPSA) is 57.5 Å². The Labute approximate surface area is 209 Å². The van der Waals surface area contributed by atoms with Crippen LogP contribution in [0.2, 0.25) is 0 Å². The standard InChI is InChI=1S/C31H52O3/c1-29-17-14-25(33)22-24(29)21-23(13-11-9-7-5-4-6-8-10-12-20-32)28-26(29)15-18-30(2)27(28)16-19-31(30,3)34/h22-23,26-28,32,34H,4-21H2,1-3H3/t23?,26?,27?,28?,29-,30-,31-/m0/s1. The average Bonchev–Trinajstić information content (AvgIpc) is 3.05. The Bertz CT molecular complexity index is 739. The molecule has 0 spiro atoms. The zero-order chi connectivity index (χ0) is 24.4. The van der Waals surface area contributed by atoms with E-state index in [1.54, 1.807) is 0 Å². The van der Waals surface area contributed by atoms with Crippen molar-refractivity contribution in [1.29, 1.82) is 0 Å². The lowest BCUT2D eigenvalue weighted by atomic mass is 9.44. The number of unbranched alkanes of at least 4 members (excludes halogenated alkanes) is 8. The normalized spacial score (nSPS) is 41.6. The summed E-state index contributed by atoms with van der Waals surface area (Å²) in [5, 5.41) is 20.2. The number of aliphatic hydroxyl groups excluding tert-OH is 1. The molecule has 0 radical (unpaired) electrons. The zero-order valence-electron chi connectivity index (χ0n) is 22.4. The molecule has 0 aromatic rings. The van der Waals surface area contributed by atoms with E-state index in [1.165, 1.54) is 76.2 Å². The first-order valence-electron chi connectivity index (χ1n) is 14.8. The fourth-order valence-electron chi connectivity index (χ4n) is 9.00. The number of rotatable bonds is 11. The predicted molar refractivity (Wildman–Crippen MR) is 139 cm³/mol. The maximum Gasteiger partial charge on any atom is 0.155 e. The van der Waals surface area contributed by atoms with Gasteiger partial charge in [-0.05, 0) is 98.9 Å². The number of carbonyl (C=O) groups is 1. The maximum atomic E-state index is 12.4. The van der Waals surface area contributed by atoms with E-state index in [1.807, 2.05) is 0 Å². The molecule has 0 aromatic carbocycles. The molecule has 3 saturated carbocycles. The molecule has 0 amide bonds. The van der Waals surface area contributed by atoms with Gasteiger partial charge in [0.25, 0.3) is 0 Å². The Morgan fingerprint density at radius 2 is 1.47 bits per heavy atom. The highest BCUT2D eigenvalue weighted by Crippen LogP contribution is 2.69. The van der Waals surface area contributed by atoms with Crippen LogP contribution in [0.3, 0.4) is 0 Å². The molecule has 3 fully saturated rings. The van der Waals surface area contributed by atoms with Crippen molar-refractivity contribution in [2.75, 3.05) is 6.61 Å². The molecular weight excluding hydrogens is 420 g/mol. The second-order valence-electron chi connectivity index (χ2n) is 13.3. The van der Waals surface area contributed by atoms with Crippen molar-refractivity contribution < 1.29 is 15.0 Å². The van der Waals surface area contributed by atoms with E-state index < -0.39 is 5.60 Å². The van der Waals surface area contributed by atoms with E-state index in [4.69, 9.17) is 5.11 Å². The minimum Gasteiger partial charge on any atom is -0.396 e.